The quantitative estimate of drug-likeness (QED) is 0.883. The average Bonchev–Trinajstić information content (AvgIpc) is 2.74. The van der Waals surface area contributed by atoms with Crippen molar-refractivity contribution in [3.05, 3.63) is 40.4 Å². The highest BCUT2D eigenvalue weighted by Gasteiger charge is 2.22. The summed E-state index contributed by atoms with van der Waals surface area (Å²) < 4.78 is 32.4. The number of anilines is 1. The van der Waals surface area contributed by atoms with Gasteiger partial charge in [0.25, 0.3) is 10.0 Å². The molecule has 0 unspecified atom stereocenters. The summed E-state index contributed by atoms with van der Waals surface area (Å²) in [4.78, 5) is 3.91. The highest BCUT2D eigenvalue weighted by molar-refractivity contribution is 9.10. The van der Waals surface area contributed by atoms with Gasteiger partial charge >= 0.3 is 0 Å². The van der Waals surface area contributed by atoms with Crippen LogP contribution in [0.3, 0.4) is 0 Å². The highest BCUT2D eigenvalue weighted by Crippen LogP contribution is 2.25. The molecule has 2 rings (SSSR count). The summed E-state index contributed by atoms with van der Waals surface area (Å²) in [6, 6.07) is 4.63. The van der Waals surface area contributed by atoms with Gasteiger partial charge in [0.2, 0.25) is 0 Å². The number of aliphatic hydroxyl groups is 1. The summed E-state index contributed by atoms with van der Waals surface area (Å²) in [5.41, 5.74) is 0. The standard InChI is InChI=1S/C11H11BrN2O4S/c1-7-10(5-8(6-15)18-7)19(16,17)14-11-9(12)3-2-4-13-11/h2-5,15H,6H2,1H3,(H,13,14). The van der Waals surface area contributed by atoms with Crippen molar-refractivity contribution in [3.63, 3.8) is 0 Å². The van der Waals surface area contributed by atoms with Crippen molar-refractivity contribution in [2.75, 3.05) is 4.72 Å². The van der Waals surface area contributed by atoms with E-state index in [-0.39, 0.29) is 28.8 Å². The van der Waals surface area contributed by atoms with Gasteiger partial charge in [-0.05, 0) is 35.0 Å². The number of furan rings is 1. The lowest BCUT2D eigenvalue weighted by molar-refractivity contribution is 0.245. The Balaban J connectivity index is 2.38. The number of aliphatic hydroxyl groups excluding tert-OH is 1. The van der Waals surface area contributed by atoms with E-state index < -0.39 is 10.0 Å². The fraction of sp³-hybridized carbons (Fsp3) is 0.182. The normalized spacial score (nSPS) is 11.5. The van der Waals surface area contributed by atoms with Crippen molar-refractivity contribution < 1.29 is 17.9 Å². The van der Waals surface area contributed by atoms with E-state index in [0.29, 0.717) is 4.47 Å². The molecule has 0 saturated heterocycles. The van der Waals surface area contributed by atoms with E-state index in [1.165, 1.54) is 19.2 Å². The molecule has 0 aliphatic heterocycles. The van der Waals surface area contributed by atoms with Gasteiger partial charge in [0.1, 0.15) is 23.0 Å². The lowest BCUT2D eigenvalue weighted by atomic mass is 10.4. The number of pyridine rings is 1. The lowest BCUT2D eigenvalue weighted by Crippen LogP contribution is -2.14. The minimum absolute atomic E-state index is 0.0193. The number of hydrogen-bond acceptors (Lipinski definition) is 5. The molecule has 0 spiro atoms. The van der Waals surface area contributed by atoms with Gasteiger partial charge in [-0.3, -0.25) is 4.72 Å². The van der Waals surface area contributed by atoms with Crippen molar-refractivity contribution >= 4 is 31.8 Å². The maximum Gasteiger partial charge on any atom is 0.266 e. The molecule has 2 aromatic heterocycles. The van der Waals surface area contributed by atoms with Gasteiger partial charge < -0.3 is 9.52 Å². The second-order valence-electron chi connectivity index (χ2n) is 3.73. The molecule has 0 aliphatic carbocycles. The zero-order valence-corrected chi connectivity index (χ0v) is 12.3. The molecule has 0 amide bonds. The molecule has 8 heteroatoms. The predicted octanol–water partition coefficient (Wildman–Crippen LogP) is 2.04. The van der Waals surface area contributed by atoms with Crippen LogP contribution in [0.5, 0.6) is 0 Å². The Labute approximate surface area is 118 Å². The van der Waals surface area contributed by atoms with Crippen molar-refractivity contribution in [1.82, 2.24) is 4.98 Å². The third-order valence-electron chi connectivity index (χ3n) is 2.36. The van der Waals surface area contributed by atoms with E-state index in [2.05, 4.69) is 25.6 Å². The zero-order valence-electron chi connectivity index (χ0n) is 9.92. The number of nitrogens with zero attached hydrogens (tertiary/aromatic N) is 1. The first-order valence-electron chi connectivity index (χ1n) is 5.27. The van der Waals surface area contributed by atoms with E-state index in [1.807, 2.05) is 0 Å². The first-order valence-corrected chi connectivity index (χ1v) is 7.55. The minimum atomic E-state index is -3.80. The van der Waals surface area contributed by atoms with Crippen molar-refractivity contribution in [2.24, 2.45) is 0 Å². The Kier molecular flexibility index (Phi) is 3.93. The van der Waals surface area contributed by atoms with E-state index in [9.17, 15) is 8.42 Å². The molecule has 0 bridgehead atoms. The molecular weight excluding hydrogens is 336 g/mol. The van der Waals surface area contributed by atoms with Crippen molar-refractivity contribution in [3.8, 4) is 0 Å². The van der Waals surface area contributed by atoms with Gasteiger partial charge in [-0.15, -0.1) is 0 Å². The van der Waals surface area contributed by atoms with Crippen LogP contribution in [0.2, 0.25) is 0 Å². The summed E-state index contributed by atoms with van der Waals surface area (Å²) in [6.07, 6.45) is 1.48. The van der Waals surface area contributed by atoms with Crippen LogP contribution in [0.4, 0.5) is 5.82 Å². The second kappa shape index (κ2) is 5.32. The van der Waals surface area contributed by atoms with Crippen LogP contribution >= 0.6 is 15.9 Å². The fourth-order valence-corrected chi connectivity index (χ4v) is 3.23. The first-order chi connectivity index (χ1) is 8.94. The molecule has 0 saturated carbocycles. The van der Waals surface area contributed by atoms with Crippen LogP contribution in [0.15, 0.2) is 38.2 Å². The SMILES string of the molecule is Cc1oc(CO)cc1S(=O)(=O)Nc1ncccc1Br. The van der Waals surface area contributed by atoms with Crippen LogP contribution in [-0.4, -0.2) is 18.5 Å². The number of rotatable bonds is 4. The topological polar surface area (TPSA) is 92.4 Å². The van der Waals surface area contributed by atoms with Crippen LogP contribution in [0, 0.1) is 6.92 Å². The highest BCUT2D eigenvalue weighted by atomic mass is 79.9. The van der Waals surface area contributed by atoms with Gasteiger partial charge in [-0.25, -0.2) is 13.4 Å². The molecule has 19 heavy (non-hydrogen) atoms. The molecule has 0 aliphatic rings. The van der Waals surface area contributed by atoms with Gasteiger partial charge in [0.15, 0.2) is 5.82 Å². The van der Waals surface area contributed by atoms with Crippen LogP contribution in [0.1, 0.15) is 11.5 Å². The zero-order chi connectivity index (χ0) is 14.0. The summed E-state index contributed by atoms with van der Waals surface area (Å²) >= 11 is 3.21. The molecule has 2 N–H and O–H groups in total. The van der Waals surface area contributed by atoms with Gasteiger partial charge in [-0.1, -0.05) is 0 Å². The van der Waals surface area contributed by atoms with Gasteiger partial charge in [0, 0.05) is 12.3 Å². The predicted molar refractivity (Wildman–Crippen MR) is 72.1 cm³/mol. The smallest absolute Gasteiger partial charge is 0.266 e. The fourth-order valence-electron chi connectivity index (χ4n) is 1.51. The Morgan fingerprint density at radius 2 is 2.26 bits per heavy atom. The van der Waals surface area contributed by atoms with E-state index in [1.54, 1.807) is 12.1 Å². The Hall–Kier alpha value is -1.38. The van der Waals surface area contributed by atoms with Crippen LogP contribution in [0.25, 0.3) is 0 Å². The van der Waals surface area contributed by atoms with Gasteiger partial charge in [-0.2, -0.15) is 0 Å². The summed E-state index contributed by atoms with van der Waals surface area (Å²) in [6.45, 7) is 1.16. The molecule has 0 fully saturated rings. The number of hydrogen-bond donors (Lipinski definition) is 2. The molecule has 2 heterocycles. The Morgan fingerprint density at radius 1 is 1.53 bits per heavy atom. The average molecular weight is 347 g/mol. The Bertz CT molecular complexity index is 696. The van der Waals surface area contributed by atoms with Crippen molar-refractivity contribution in [2.45, 2.75) is 18.4 Å². The summed E-state index contributed by atoms with van der Waals surface area (Å²) in [5, 5.41) is 8.95. The van der Waals surface area contributed by atoms with E-state index >= 15 is 0 Å². The minimum Gasteiger partial charge on any atom is -0.462 e. The molecule has 0 radical (unpaired) electrons. The molecular formula is C11H11BrN2O4S. The second-order valence-corrected chi connectivity index (χ2v) is 6.24. The third kappa shape index (κ3) is 2.96. The van der Waals surface area contributed by atoms with E-state index in [4.69, 9.17) is 9.52 Å². The van der Waals surface area contributed by atoms with Gasteiger partial charge in [0.05, 0.1) is 4.47 Å². The number of aromatic nitrogens is 1. The van der Waals surface area contributed by atoms with E-state index in [0.717, 1.165) is 0 Å². The summed E-state index contributed by atoms with van der Waals surface area (Å²) in [5.74, 6) is 0.593. The Morgan fingerprint density at radius 3 is 2.84 bits per heavy atom. The molecule has 102 valence electrons. The maximum atomic E-state index is 12.2. The lowest BCUT2D eigenvalue weighted by Gasteiger charge is -2.07. The number of nitrogens with one attached hydrogen (secondary N) is 1. The molecule has 0 aromatic carbocycles. The van der Waals surface area contributed by atoms with Crippen LogP contribution in [-0.2, 0) is 16.6 Å². The maximum absolute atomic E-state index is 12.2. The number of sulfonamides is 1. The van der Waals surface area contributed by atoms with Crippen LogP contribution < -0.4 is 4.72 Å². The monoisotopic (exact) mass is 346 g/mol. The number of halogens is 1. The summed E-state index contributed by atoms with van der Waals surface area (Å²) in [7, 11) is -3.80. The largest absolute Gasteiger partial charge is 0.462 e. The molecule has 0 atom stereocenters. The van der Waals surface area contributed by atoms with Crippen molar-refractivity contribution in [1.29, 1.82) is 0 Å². The third-order valence-corrected chi connectivity index (χ3v) is 4.44. The first kappa shape index (κ1) is 14.0. The number of aryl methyl sites for hydroxylation is 1. The molecule has 6 nitrogen and oxygen atoms in total. The molecule has 2 aromatic rings.